The van der Waals surface area contributed by atoms with Crippen LogP contribution >= 0.6 is 67.8 Å². The fraction of sp³-hybridized carbons (Fsp3) is 0.417. The summed E-state index contributed by atoms with van der Waals surface area (Å²) in [5.74, 6) is -0.0528. The Bertz CT molecular complexity index is 440. The molecular formula is C12H14I3NO3. The number of carbonyl (C=O) groups excluding carboxylic acids is 1. The van der Waals surface area contributed by atoms with Gasteiger partial charge in [0, 0.05) is 23.9 Å². The molecule has 0 radical (unpaired) electrons. The van der Waals surface area contributed by atoms with Gasteiger partial charge in [0.05, 0.1) is 18.8 Å². The molecule has 0 atom stereocenters. The summed E-state index contributed by atoms with van der Waals surface area (Å²) < 4.78 is 8.25. The van der Waals surface area contributed by atoms with Crippen LogP contribution in [0, 0.1) is 10.7 Å². The monoisotopic (exact) mass is 601 g/mol. The number of hydrogen-bond donors (Lipinski definition) is 2. The van der Waals surface area contributed by atoms with Crippen LogP contribution in [0.25, 0.3) is 0 Å². The topological polar surface area (TPSA) is 58.6 Å². The standard InChI is InChI=1S/C12H14I3NO3/c13-8-6-9(11(15)10(14)7-8)12(18)16-2-1-4-19-5-3-17/h6-7,17H,1-5H2,(H,16,18). The number of amides is 1. The van der Waals surface area contributed by atoms with Gasteiger partial charge in [-0.25, -0.2) is 0 Å². The summed E-state index contributed by atoms with van der Waals surface area (Å²) in [6.07, 6.45) is 0.739. The lowest BCUT2D eigenvalue weighted by atomic mass is 10.2. The first-order valence-electron chi connectivity index (χ1n) is 5.67. The van der Waals surface area contributed by atoms with Crippen molar-refractivity contribution in [1.29, 1.82) is 0 Å². The average Bonchev–Trinajstić information content (AvgIpc) is 2.37. The van der Waals surface area contributed by atoms with E-state index in [1.165, 1.54) is 0 Å². The Kier molecular flexibility index (Phi) is 9.10. The lowest BCUT2D eigenvalue weighted by Crippen LogP contribution is -2.26. The zero-order valence-electron chi connectivity index (χ0n) is 10.1. The lowest BCUT2D eigenvalue weighted by molar-refractivity contribution is 0.0867. The highest BCUT2D eigenvalue weighted by Gasteiger charge is 2.12. The van der Waals surface area contributed by atoms with Crippen molar-refractivity contribution >= 4 is 73.7 Å². The maximum absolute atomic E-state index is 12.1. The van der Waals surface area contributed by atoms with Crippen LogP contribution in [-0.2, 0) is 4.74 Å². The Morgan fingerprint density at radius 2 is 2.00 bits per heavy atom. The number of ether oxygens (including phenoxy) is 1. The van der Waals surface area contributed by atoms with E-state index in [-0.39, 0.29) is 12.5 Å². The molecule has 1 aromatic rings. The number of halogens is 3. The third-order valence-corrected chi connectivity index (χ3v) is 5.89. The molecule has 0 aromatic heterocycles. The van der Waals surface area contributed by atoms with E-state index in [9.17, 15) is 4.79 Å². The minimum Gasteiger partial charge on any atom is -0.394 e. The van der Waals surface area contributed by atoms with Crippen LogP contribution in [0.2, 0.25) is 0 Å². The molecule has 1 amide bonds. The fourth-order valence-corrected chi connectivity index (χ4v) is 3.76. The summed E-state index contributed by atoms with van der Waals surface area (Å²) in [6.45, 7) is 1.50. The zero-order chi connectivity index (χ0) is 14.3. The molecule has 0 bridgehead atoms. The summed E-state index contributed by atoms with van der Waals surface area (Å²) in [5.41, 5.74) is 0.716. The third kappa shape index (κ3) is 6.40. The molecular weight excluding hydrogens is 587 g/mol. The first-order chi connectivity index (χ1) is 9.06. The van der Waals surface area contributed by atoms with Crippen molar-refractivity contribution in [2.75, 3.05) is 26.4 Å². The molecule has 0 aliphatic carbocycles. The predicted molar refractivity (Wildman–Crippen MR) is 99.4 cm³/mol. The van der Waals surface area contributed by atoms with Crippen LogP contribution in [0.15, 0.2) is 12.1 Å². The van der Waals surface area contributed by atoms with Gasteiger partial charge in [0.25, 0.3) is 5.91 Å². The van der Waals surface area contributed by atoms with E-state index in [1.807, 2.05) is 12.1 Å². The van der Waals surface area contributed by atoms with Crippen molar-refractivity contribution in [1.82, 2.24) is 5.32 Å². The van der Waals surface area contributed by atoms with E-state index >= 15 is 0 Å². The van der Waals surface area contributed by atoms with Crippen LogP contribution in [0.4, 0.5) is 0 Å². The van der Waals surface area contributed by atoms with Crippen LogP contribution in [0.5, 0.6) is 0 Å². The van der Waals surface area contributed by atoms with Gasteiger partial charge in [0.1, 0.15) is 0 Å². The van der Waals surface area contributed by atoms with Crippen molar-refractivity contribution in [3.63, 3.8) is 0 Å². The molecule has 2 N–H and O–H groups in total. The number of rotatable bonds is 7. The van der Waals surface area contributed by atoms with Gasteiger partial charge in [-0.2, -0.15) is 0 Å². The van der Waals surface area contributed by atoms with E-state index in [0.717, 1.165) is 17.1 Å². The Balaban J connectivity index is 2.46. The predicted octanol–water partition coefficient (Wildman–Crippen LogP) is 2.63. The summed E-state index contributed by atoms with van der Waals surface area (Å²) in [4.78, 5) is 12.1. The van der Waals surface area contributed by atoms with Crippen molar-refractivity contribution < 1.29 is 14.6 Å². The van der Waals surface area contributed by atoms with Gasteiger partial charge in [0.2, 0.25) is 0 Å². The molecule has 0 heterocycles. The lowest BCUT2D eigenvalue weighted by Gasteiger charge is -2.09. The molecule has 1 rings (SSSR count). The summed E-state index contributed by atoms with van der Waals surface area (Å²) in [7, 11) is 0. The number of benzene rings is 1. The number of carbonyl (C=O) groups is 1. The molecule has 0 aliphatic heterocycles. The highest BCUT2D eigenvalue weighted by atomic mass is 127. The van der Waals surface area contributed by atoms with Gasteiger partial charge in [-0.15, -0.1) is 0 Å². The van der Waals surface area contributed by atoms with E-state index in [2.05, 4.69) is 73.1 Å². The second-order valence-corrected chi connectivity index (χ2v) is 7.18. The highest BCUT2D eigenvalue weighted by molar-refractivity contribution is 14.1. The smallest absolute Gasteiger partial charge is 0.252 e. The SMILES string of the molecule is O=C(NCCCOCCO)c1cc(I)cc(I)c1I. The summed E-state index contributed by atoms with van der Waals surface area (Å²) >= 11 is 6.63. The maximum Gasteiger partial charge on any atom is 0.252 e. The van der Waals surface area contributed by atoms with E-state index < -0.39 is 0 Å². The van der Waals surface area contributed by atoms with Gasteiger partial charge in [-0.3, -0.25) is 4.79 Å². The maximum atomic E-state index is 12.1. The van der Waals surface area contributed by atoms with Gasteiger partial charge in [0.15, 0.2) is 0 Å². The van der Waals surface area contributed by atoms with Crippen LogP contribution < -0.4 is 5.32 Å². The van der Waals surface area contributed by atoms with Crippen molar-refractivity contribution in [3.05, 3.63) is 28.4 Å². The summed E-state index contributed by atoms with van der Waals surface area (Å²) in [5, 5.41) is 11.4. The van der Waals surface area contributed by atoms with E-state index in [1.54, 1.807) is 0 Å². The number of aliphatic hydroxyl groups excluding tert-OH is 1. The van der Waals surface area contributed by atoms with Crippen molar-refractivity contribution in [2.24, 2.45) is 0 Å². The second-order valence-electron chi connectivity index (χ2n) is 3.69. The second kappa shape index (κ2) is 9.68. The molecule has 7 heteroatoms. The normalized spacial score (nSPS) is 10.5. The van der Waals surface area contributed by atoms with Crippen LogP contribution in [0.1, 0.15) is 16.8 Å². The molecule has 0 aliphatic rings. The molecule has 0 unspecified atom stereocenters. The van der Waals surface area contributed by atoms with Crippen LogP contribution in [-0.4, -0.2) is 37.4 Å². The minimum absolute atomic E-state index is 0.0332. The average molecular weight is 601 g/mol. The third-order valence-electron chi connectivity index (χ3n) is 2.22. The molecule has 0 saturated heterocycles. The Labute approximate surface area is 153 Å². The molecule has 0 spiro atoms. The number of aliphatic hydroxyl groups is 1. The van der Waals surface area contributed by atoms with Gasteiger partial charge in [-0.1, -0.05) is 0 Å². The Hall–Kier alpha value is 0.800. The molecule has 1 aromatic carbocycles. The van der Waals surface area contributed by atoms with Crippen molar-refractivity contribution in [2.45, 2.75) is 6.42 Å². The molecule has 0 saturated carbocycles. The largest absolute Gasteiger partial charge is 0.394 e. The molecule has 19 heavy (non-hydrogen) atoms. The van der Waals surface area contributed by atoms with Gasteiger partial charge in [-0.05, 0) is 86.3 Å². The minimum atomic E-state index is -0.0528. The first-order valence-corrected chi connectivity index (χ1v) is 8.91. The number of nitrogens with one attached hydrogen (secondary N) is 1. The van der Waals surface area contributed by atoms with Crippen molar-refractivity contribution in [3.8, 4) is 0 Å². The van der Waals surface area contributed by atoms with Gasteiger partial charge >= 0.3 is 0 Å². The van der Waals surface area contributed by atoms with E-state index in [4.69, 9.17) is 9.84 Å². The molecule has 0 fully saturated rings. The number of hydrogen-bond acceptors (Lipinski definition) is 3. The highest BCUT2D eigenvalue weighted by Crippen LogP contribution is 2.22. The molecule has 106 valence electrons. The van der Waals surface area contributed by atoms with Crippen LogP contribution in [0.3, 0.4) is 0 Å². The quantitative estimate of drug-likeness (QED) is 0.288. The molecule has 4 nitrogen and oxygen atoms in total. The van der Waals surface area contributed by atoms with E-state index in [0.29, 0.717) is 25.3 Å². The Morgan fingerprint density at radius 1 is 1.26 bits per heavy atom. The zero-order valence-corrected chi connectivity index (χ0v) is 16.6. The van der Waals surface area contributed by atoms with Gasteiger partial charge < -0.3 is 15.2 Å². The fourth-order valence-electron chi connectivity index (χ4n) is 1.36. The summed E-state index contributed by atoms with van der Waals surface area (Å²) in [6, 6.07) is 3.94. The first kappa shape index (κ1) is 17.9. The Morgan fingerprint density at radius 3 is 2.68 bits per heavy atom.